The van der Waals surface area contributed by atoms with Crippen LogP contribution in [0.5, 0.6) is 0 Å². The molecular weight excluding hydrogens is 400 g/mol. The molecule has 2 N–H and O–H groups in total. The molecule has 4 aromatic rings. The van der Waals surface area contributed by atoms with Gasteiger partial charge in [0.25, 0.3) is 0 Å². The van der Waals surface area contributed by atoms with Gasteiger partial charge in [-0.15, -0.1) is 0 Å². The van der Waals surface area contributed by atoms with E-state index < -0.39 is 11.6 Å². The highest BCUT2D eigenvalue weighted by Gasteiger charge is 2.19. The van der Waals surface area contributed by atoms with E-state index in [9.17, 15) is 8.78 Å². The molecule has 6 nitrogen and oxygen atoms in total. The molecule has 0 radical (unpaired) electrons. The second-order valence-electron chi connectivity index (χ2n) is 6.89. The predicted molar refractivity (Wildman–Crippen MR) is 115 cm³/mol. The number of halogens is 2. The maximum Gasteiger partial charge on any atom is 0.164 e. The molecule has 0 saturated carbocycles. The van der Waals surface area contributed by atoms with Crippen molar-refractivity contribution in [2.45, 2.75) is 0 Å². The minimum atomic E-state index is -0.658. The Balaban J connectivity index is 1.74. The van der Waals surface area contributed by atoms with Crippen LogP contribution in [-0.4, -0.2) is 27.8 Å². The first-order valence-corrected chi connectivity index (χ1v) is 9.41. The van der Waals surface area contributed by atoms with Crippen LogP contribution in [0.15, 0.2) is 66.1 Å². The van der Waals surface area contributed by atoms with Crippen LogP contribution in [0.25, 0.3) is 39.0 Å². The van der Waals surface area contributed by atoms with Crippen LogP contribution in [0.2, 0.25) is 0 Å². The van der Waals surface area contributed by atoms with Gasteiger partial charge < -0.3 is 10.5 Å². The maximum absolute atomic E-state index is 13.7. The van der Waals surface area contributed by atoms with E-state index >= 15 is 0 Å². The van der Waals surface area contributed by atoms with Gasteiger partial charge in [-0.05, 0) is 42.0 Å². The molecule has 0 fully saturated rings. The van der Waals surface area contributed by atoms with Gasteiger partial charge in [0.15, 0.2) is 11.4 Å². The zero-order chi connectivity index (χ0) is 21.4. The molecule has 0 bridgehead atoms. The zero-order valence-electron chi connectivity index (χ0n) is 16.1. The summed E-state index contributed by atoms with van der Waals surface area (Å²) in [6.07, 6.45) is 6.36. The van der Waals surface area contributed by atoms with Crippen molar-refractivity contribution in [3.8, 4) is 22.3 Å². The fourth-order valence-electron chi connectivity index (χ4n) is 3.44. The molecule has 0 saturated heterocycles. The van der Waals surface area contributed by atoms with Crippen LogP contribution < -0.4 is 5.73 Å². The monoisotopic (exact) mass is 415 g/mol. The van der Waals surface area contributed by atoms with E-state index in [2.05, 4.69) is 19.9 Å². The summed E-state index contributed by atoms with van der Waals surface area (Å²) in [5.74, 6) is -0.495. The summed E-state index contributed by atoms with van der Waals surface area (Å²) in [6.45, 7) is 0.324. The van der Waals surface area contributed by atoms with Crippen LogP contribution in [0, 0.1) is 11.6 Å². The molecule has 1 aliphatic rings. The Bertz CT molecular complexity index is 1360. The predicted octanol–water partition coefficient (Wildman–Crippen LogP) is 4.62. The summed E-state index contributed by atoms with van der Waals surface area (Å²) in [6, 6.07) is 10.6. The standard InChI is InChI=1S/C23H15F2N5O/c24-16-7-13(8-17(25)10-16)15-6-14-9-19(18-2-1-3-28-22(18)26)21(30-23(14)29-11-15)20-12-27-4-5-31-20/h1-4,6-12H,5H2,(H2,26,28). The SMILES string of the molecule is Nc1ncccc1-c1cc2cc(-c3cc(F)cc(F)c3)cnc2nc1C1=CN=CCO1. The number of aromatic nitrogens is 3. The number of pyridine rings is 3. The van der Waals surface area contributed by atoms with Crippen molar-refractivity contribution >= 4 is 28.8 Å². The number of aliphatic imine (C=N–C) groups is 1. The number of nitrogen functional groups attached to an aromatic ring is 1. The topological polar surface area (TPSA) is 86.3 Å². The van der Waals surface area contributed by atoms with Crippen molar-refractivity contribution in [2.24, 2.45) is 4.99 Å². The lowest BCUT2D eigenvalue weighted by molar-refractivity contribution is 0.330. The summed E-state index contributed by atoms with van der Waals surface area (Å²) in [5.41, 5.74) is 9.40. The number of hydrogen-bond donors (Lipinski definition) is 1. The van der Waals surface area contributed by atoms with Crippen LogP contribution in [0.3, 0.4) is 0 Å². The van der Waals surface area contributed by atoms with Crippen molar-refractivity contribution < 1.29 is 13.5 Å². The van der Waals surface area contributed by atoms with Crippen molar-refractivity contribution in [1.82, 2.24) is 15.0 Å². The fourth-order valence-corrected chi connectivity index (χ4v) is 3.44. The smallest absolute Gasteiger partial charge is 0.164 e. The van der Waals surface area contributed by atoms with Gasteiger partial charge in [-0.2, -0.15) is 0 Å². The number of nitrogens with zero attached hydrogens (tertiary/aromatic N) is 4. The van der Waals surface area contributed by atoms with Gasteiger partial charge in [0.2, 0.25) is 0 Å². The molecule has 1 aromatic carbocycles. The van der Waals surface area contributed by atoms with E-state index in [4.69, 9.17) is 10.5 Å². The first kappa shape index (κ1) is 18.8. The second kappa shape index (κ2) is 7.56. The Kier molecular flexibility index (Phi) is 4.59. The Hall–Kier alpha value is -4.20. The fraction of sp³-hybridized carbons (Fsp3) is 0.0435. The quantitative estimate of drug-likeness (QED) is 0.528. The van der Waals surface area contributed by atoms with E-state index in [1.54, 1.807) is 30.7 Å². The molecule has 0 unspecified atom stereocenters. The Morgan fingerprint density at radius 3 is 2.52 bits per heavy atom. The van der Waals surface area contributed by atoms with Crippen LogP contribution in [-0.2, 0) is 4.74 Å². The third-order valence-corrected chi connectivity index (χ3v) is 4.84. The van der Waals surface area contributed by atoms with Gasteiger partial charge in [0.1, 0.15) is 29.8 Å². The van der Waals surface area contributed by atoms with Crippen LogP contribution >= 0.6 is 0 Å². The molecule has 0 aliphatic carbocycles. The van der Waals surface area contributed by atoms with Crippen molar-refractivity contribution in [1.29, 1.82) is 0 Å². The van der Waals surface area contributed by atoms with Gasteiger partial charge in [-0.3, -0.25) is 4.99 Å². The first-order valence-electron chi connectivity index (χ1n) is 9.41. The molecule has 0 spiro atoms. The number of ether oxygens (including phenoxy) is 1. The summed E-state index contributed by atoms with van der Waals surface area (Å²) in [4.78, 5) is 17.4. The molecule has 3 aromatic heterocycles. The lowest BCUT2D eigenvalue weighted by Gasteiger charge is -2.16. The lowest BCUT2D eigenvalue weighted by atomic mass is 10.00. The molecule has 31 heavy (non-hydrogen) atoms. The zero-order valence-corrected chi connectivity index (χ0v) is 16.1. The molecule has 4 heterocycles. The molecule has 1 aliphatic heterocycles. The second-order valence-corrected chi connectivity index (χ2v) is 6.89. The molecule has 152 valence electrons. The largest absolute Gasteiger partial charge is 0.484 e. The normalized spacial score (nSPS) is 13.2. The molecule has 8 heteroatoms. The number of hydrogen-bond acceptors (Lipinski definition) is 6. The minimum absolute atomic E-state index is 0.324. The van der Waals surface area contributed by atoms with Crippen molar-refractivity contribution in [3.05, 3.63) is 78.4 Å². The number of nitrogens with two attached hydrogens (primary N) is 1. The van der Waals surface area contributed by atoms with E-state index in [0.29, 0.717) is 57.2 Å². The van der Waals surface area contributed by atoms with Crippen molar-refractivity contribution in [2.75, 3.05) is 12.3 Å². The Morgan fingerprint density at radius 1 is 0.935 bits per heavy atom. The van der Waals surface area contributed by atoms with E-state index in [0.717, 1.165) is 6.07 Å². The highest BCUT2D eigenvalue weighted by Crippen LogP contribution is 2.35. The average Bonchev–Trinajstić information content (AvgIpc) is 2.78. The number of fused-ring (bicyclic) bond motifs is 1. The minimum Gasteiger partial charge on any atom is -0.484 e. The van der Waals surface area contributed by atoms with Gasteiger partial charge in [-0.25, -0.2) is 23.7 Å². The number of anilines is 1. The van der Waals surface area contributed by atoms with E-state index in [-0.39, 0.29) is 0 Å². The summed E-state index contributed by atoms with van der Waals surface area (Å²) < 4.78 is 33.1. The maximum atomic E-state index is 13.7. The summed E-state index contributed by atoms with van der Waals surface area (Å²) >= 11 is 0. The molecule has 5 rings (SSSR count). The number of benzene rings is 1. The van der Waals surface area contributed by atoms with Crippen LogP contribution in [0.4, 0.5) is 14.6 Å². The third kappa shape index (κ3) is 3.59. The van der Waals surface area contributed by atoms with Gasteiger partial charge in [0, 0.05) is 46.8 Å². The van der Waals surface area contributed by atoms with Gasteiger partial charge >= 0.3 is 0 Å². The molecular formula is C23H15F2N5O. The molecule has 0 atom stereocenters. The number of rotatable bonds is 3. The van der Waals surface area contributed by atoms with Crippen molar-refractivity contribution in [3.63, 3.8) is 0 Å². The van der Waals surface area contributed by atoms with Gasteiger partial charge in [-0.1, -0.05) is 0 Å². The Labute approximate surface area is 175 Å². The van der Waals surface area contributed by atoms with E-state index in [1.165, 1.54) is 18.3 Å². The highest BCUT2D eigenvalue weighted by molar-refractivity contribution is 5.92. The summed E-state index contributed by atoms with van der Waals surface area (Å²) in [7, 11) is 0. The van der Waals surface area contributed by atoms with E-state index in [1.807, 2.05) is 12.1 Å². The summed E-state index contributed by atoms with van der Waals surface area (Å²) in [5, 5.41) is 0.670. The van der Waals surface area contributed by atoms with Crippen LogP contribution in [0.1, 0.15) is 5.69 Å². The average molecular weight is 415 g/mol. The third-order valence-electron chi connectivity index (χ3n) is 4.84. The first-order chi connectivity index (χ1) is 15.1. The molecule has 0 amide bonds. The Morgan fingerprint density at radius 2 is 1.77 bits per heavy atom. The highest BCUT2D eigenvalue weighted by atomic mass is 19.1. The lowest BCUT2D eigenvalue weighted by Crippen LogP contribution is -2.05. The van der Waals surface area contributed by atoms with Gasteiger partial charge in [0.05, 0.1) is 6.20 Å².